The van der Waals surface area contributed by atoms with Gasteiger partial charge in [-0.1, -0.05) is 24.3 Å². The van der Waals surface area contributed by atoms with Crippen LogP contribution in [0.2, 0.25) is 0 Å². The van der Waals surface area contributed by atoms with E-state index in [1.54, 1.807) is 26.4 Å². The van der Waals surface area contributed by atoms with Gasteiger partial charge in [-0.2, -0.15) is 0 Å². The first-order valence-corrected chi connectivity index (χ1v) is 7.81. The second kappa shape index (κ2) is 6.66. The van der Waals surface area contributed by atoms with Gasteiger partial charge in [0.1, 0.15) is 5.75 Å². The number of ether oxygens (including phenoxy) is 1. The van der Waals surface area contributed by atoms with Crippen LogP contribution in [0.15, 0.2) is 58.6 Å². The number of aliphatic imine (C=N–C) groups is 1. The van der Waals surface area contributed by atoms with Crippen molar-refractivity contribution in [1.82, 2.24) is 9.88 Å². The lowest BCUT2D eigenvalue weighted by Gasteiger charge is -2.06. The summed E-state index contributed by atoms with van der Waals surface area (Å²) >= 11 is 1.33. The van der Waals surface area contributed by atoms with Gasteiger partial charge in [0.25, 0.3) is 5.91 Å². The Labute approximate surface area is 138 Å². The van der Waals surface area contributed by atoms with Crippen LogP contribution in [-0.2, 0) is 4.79 Å². The summed E-state index contributed by atoms with van der Waals surface area (Å²) in [6, 6.07) is 13.1. The molecule has 1 saturated heterocycles. The predicted molar refractivity (Wildman–Crippen MR) is 92.7 cm³/mol. The Morgan fingerprint density at radius 1 is 1.22 bits per heavy atom. The zero-order valence-corrected chi connectivity index (χ0v) is 13.6. The molecular formula is C17H15N3O2S. The molecule has 2 aromatic rings. The summed E-state index contributed by atoms with van der Waals surface area (Å²) in [5.74, 6) is 1.22. The standard InChI is InChI=1S/C17H15N3O2S/c1-20-16(21)14(11-12-7-3-4-8-13(12)22-2)23-17(20)19-15-9-5-6-10-18-15/h3-11H,1-2H3/b14-11-,19-17+. The van der Waals surface area contributed by atoms with Crippen LogP contribution >= 0.6 is 11.8 Å². The van der Waals surface area contributed by atoms with Crippen LogP contribution in [0.1, 0.15) is 5.56 Å². The van der Waals surface area contributed by atoms with E-state index in [9.17, 15) is 4.79 Å². The van der Waals surface area contributed by atoms with E-state index >= 15 is 0 Å². The Hall–Kier alpha value is -2.60. The number of carbonyl (C=O) groups is 1. The summed E-state index contributed by atoms with van der Waals surface area (Å²) in [7, 11) is 3.32. The van der Waals surface area contributed by atoms with Gasteiger partial charge in [-0.25, -0.2) is 9.98 Å². The molecule has 0 N–H and O–H groups in total. The van der Waals surface area contributed by atoms with Crippen LogP contribution in [0, 0.1) is 0 Å². The first-order chi connectivity index (χ1) is 11.2. The average Bonchev–Trinajstić information content (AvgIpc) is 2.84. The lowest BCUT2D eigenvalue weighted by Crippen LogP contribution is -2.23. The SMILES string of the molecule is COc1ccccc1/C=C1\S/C(=N/c2ccccn2)N(C)C1=O. The molecule has 0 atom stereocenters. The highest BCUT2D eigenvalue weighted by molar-refractivity contribution is 8.18. The summed E-state index contributed by atoms with van der Waals surface area (Å²) in [5.41, 5.74) is 0.860. The number of para-hydroxylation sites is 1. The minimum Gasteiger partial charge on any atom is -0.496 e. The van der Waals surface area contributed by atoms with E-state index in [0.717, 1.165) is 11.3 Å². The molecule has 23 heavy (non-hydrogen) atoms. The van der Waals surface area contributed by atoms with Crippen molar-refractivity contribution in [3.8, 4) is 5.75 Å². The van der Waals surface area contributed by atoms with Gasteiger partial charge in [0.05, 0.1) is 12.0 Å². The number of amidine groups is 1. The molecule has 116 valence electrons. The van der Waals surface area contributed by atoms with E-state index in [0.29, 0.717) is 15.9 Å². The Kier molecular flexibility index (Phi) is 4.43. The maximum absolute atomic E-state index is 12.4. The molecule has 0 spiro atoms. The molecule has 1 aliphatic heterocycles. The van der Waals surface area contributed by atoms with Gasteiger partial charge in [-0.15, -0.1) is 0 Å². The number of likely N-dealkylation sites (N-methyl/N-ethyl adjacent to an activating group) is 1. The molecule has 2 heterocycles. The molecule has 1 aromatic carbocycles. The van der Waals surface area contributed by atoms with Crippen molar-refractivity contribution >= 4 is 34.7 Å². The Morgan fingerprint density at radius 2 is 2.00 bits per heavy atom. The Bertz CT molecular complexity index is 787. The highest BCUT2D eigenvalue weighted by Gasteiger charge is 2.30. The molecule has 1 amide bonds. The van der Waals surface area contributed by atoms with Gasteiger partial charge in [-0.05, 0) is 36.0 Å². The van der Waals surface area contributed by atoms with Crippen molar-refractivity contribution < 1.29 is 9.53 Å². The highest BCUT2D eigenvalue weighted by atomic mass is 32.2. The monoisotopic (exact) mass is 325 g/mol. The number of methoxy groups -OCH3 is 1. The second-order valence-corrected chi connectivity index (χ2v) is 5.81. The van der Waals surface area contributed by atoms with Crippen molar-refractivity contribution in [3.63, 3.8) is 0 Å². The fourth-order valence-electron chi connectivity index (χ4n) is 2.10. The summed E-state index contributed by atoms with van der Waals surface area (Å²) in [6.45, 7) is 0. The molecule has 0 saturated carbocycles. The number of pyridine rings is 1. The Morgan fingerprint density at radius 3 is 2.74 bits per heavy atom. The molecule has 1 aliphatic rings. The topological polar surface area (TPSA) is 54.8 Å². The molecule has 3 rings (SSSR count). The molecule has 6 heteroatoms. The molecule has 0 unspecified atom stereocenters. The summed E-state index contributed by atoms with van der Waals surface area (Å²) < 4.78 is 5.32. The predicted octanol–water partition coefficient (Wildman–Crippen LogP) is 3.32. The number of hydrogen-bond acceptors (Lipinski definition) is 5. The van der Waals surface area contributed by atoms with Crippen LogP contribution in [0.3, 0.4) is 0 Å². The van der Waals surface area contributed by atoms with Gasteiger partial charge < -0.3 is 4.74 Å². The third kappa shape index (κ3) is 3.27. The molecular weight excluding hydrogens is 310 g/mol. The van der Waals surface area contributed by atoms with Gasteiger partial charge in [0.2, 0.25) is 0 Å². The molecule has 1 aromatic heterocycles. The lowest BCUT2D eigenvalue weighted by atomic mass is 10.2. The van der Waals surface area contributed by atoms with Gasteiger partial charge in [0, 0.05) is 18.8 Å². The molecule has 5 nitrogen and oxygen atoms in total. The number of amides is 1. The number of hydrogen-bond donors (Lipinski definition) is 0. The van der Waals surface area contributed by atoms with Crippen LogP contribution in [0.4, 0.5) is 5.82 Å². The van der Waals surface area contributed by atoms with Gasteiger partial charge in [0.15, 0.2) is 11.0 Å². The first-order valence-electron chi connectivity index (χ1n) is 6.99. The number of thioether (sulfide) groups is 1. The van der Waals surface area contributed by atoms with Crippen molar-refractivity contribution in [1.29, 1.82) is 0 Å². The maximum Gasteiger partial charge on any atom is 0.266 e. The van der Waals surface area contributed by atoms with Gasteiger partial charge in [-0.3, -0.25) is 9.69 Å². The molecule has 0 bridgehead atoms. The normalized spacial score (nSPS) is 18.0. The van der Waals surface area contributed by atoms with E-state index in [4.69, 9.17) is 4.74 Å². The summed E-state index contributed by atoms with van der Waals surface area (Å²) in [4.78, 5) is 23.1. The third-order valence-corrected chi connectivity index (χ3v) is 4.35. The molecule has 1 fully saturated rings. The second-order valence-electron chi connectivity index (χ2n) is 4.80. The number of carbonyl (C=O) groups excluding carboxylic acids is 1. The van der Waals surface area contributed by atoms with Crippen molar-refractivity contribution in [2.24, 2.45) is 4.99 Å². The van der Waals surface area contributed by atoms with Crippen molar-refractivity contribution in [2.75, 3.05) is 14.2 Å². The van der Waals surface area contributed by atoms with E-state index in [1.807, 2.05) is 42.5 Å². The van der Waals surface area contributed by atoms with Crippen LogP contribution in [0.25, 0.3) is 6.08 Å². The Balaban J connectivity index is 1.92. The number of aromatic nitrogens is 1. The van der Waals surface area contributed by atoms with E-state index in [1.165, 1.54) is 16.7 Å². The zero-order valence-electron chi connectivity index (χ0n) is 12.8. The summed E-state index contributed by atoms with van der Waals surface area (Å²) in [6.07, 6.45) is 3.50. The van der Waals surface area contributed by atoms with E-state index in [2.05, 4.69) is 9.98 Å². The fraction of sp³-hybridized carbons (Fsp3) is 0.118. The van der Waals surface area contributed by atoms with E-state index < -0.39 is 0 Å². The number of benzene rings is 1. The minimum atomic E-state index is -0.0874. The highest BCUT2D eigenvalue weighted by Crippen LogP contribution is 2.34. The van der Waals surface area contributed by atoms with Crippen LogP contribution in [0.5, 0.6) is 5.75 Å². The number of rotatable bonds is 3. The maximum atomic E-state index is 12.4. The smallest absolute Gasteiger partial charge is 0.266 e. The van der Waals surface area contributed by atoms with Gasteiger partial charge >= 0.3 is 0 Å². The third-order valence-electron chi connectivity index (χ3n) is 3.29. The zero-order chi connectivity index (χ0) is 16.2. The van der Waals surface area contributed by atoms with Crippen LogP contribution < -0.4 is 4.74 Å². The lowest BCUT2D eigenvalue weighted by molar-refractivity contribution is -0.121. The number of nitrogens with zero attached hydrogens (tertiary/aromatic N) is 3. The average molecular weight is 325 g/mol. The molecule has 0 aliphatic carbocycles. The van der Waals surface area contributed by atoms with Crippen molar-refractivity contribution in [2.45, 2.75) is 0 Å². The first kappa shape index (κ1) is 15.3. The van der Waals surface area contributed by atoms with E-state index in [-0.39, 0.29) is 5.91 Å². The van der Waals surface area contributed by atoms with Crippen molar-refractivity contribution in [3.05, 3.63) is 59.1 Å². The largest absolute Gasteiger partial charge is 0.496 e. The minimum absolute atomic E-state index is 0.0874. The quantitative estimate of drug-likeness (QED) is 0.812. The fourth-order valence-corrected chi connectivity index (χ4v) is 3.06. The summed E-state index contributed by atoms with van der Waals surface area (Å²) in [5, 5.41) is 0.606. The van der Waals surface area contributed by atoms with Crippen LogP contribution in [-0.4, -0.2) is 35.1 Å². The molecule has 0 radical (unpaired) electrons.